The van der Waals surface area contributed by atoms with E-state index in [9.17, 15) is 5.11 Å². The van der Waals surface area contributed by atoms with Crippen molar-refractivity contribution in [1.29, 1.82) is 0 Å². The van der Waals surface area contributed by atoms with Crippen LogP contribution in [-0.2, 0) is 0 Å². The number of rotatable bonds is 6. The third-order valence-electron chi connectivity index (χ3n) is 3.25. The van der Waals surface area contributed by atoms with E-state index in [1.807, 2.05) is 24.3 Å². The summed E-state index contributed by atoms with van der Waals surface area (Å²) < 4.78 is 5.68. The summed E-state index contributed by atoms with van der Waals surface area (Å²) in [6, 6.07) is 7.78. The fourth-order valence-electron chi connectivity index (χ4n) is 1.72. The maximum atomic E-state index is 10.4. The van der Waals surface area contributed by atoms with Crippen molar-refractivity contribution >= 4 is 0 Å². The average molecular weight is 236 g/mol. The van der Waals surface area contributed by atoms with Crippen LogP contribution in [0, 0.1) is 11.8 Å². The van der Waals surface area contributed by atoms with Gasteiger partial charge in [0.15, 0.2) is 0 Å². The van der Waals surface area contributed by atoms with Gasteiger partial charge in [-0.3, -0.25) is 0 Å². The van der Waals surface area contributed by atoms with E-state index in [4.69, 9.17) is 4.74 Å². The average Bonchev–Trinajstić information content (AvgIpc) is 2.34. The Labute approximate surface area is 105 Å². The normalized spacial score (nSPS) is 14.7. The molecule has 0 aliphatic carbocycles. The molecule has 2 nitrogen and oxygen atoms in total. The van der Waals surface area contributed by atoms with E-state index in [1.165, 1.54) is 0 Å². The lowest BCUT2D eigenvalue weighted by molar-refractivity contribution is 0.0887. The molecule has 96 valence electrons. The smallest absolute Gasteiger partial charge is 0.125 e. The van der Waals surface area contributed by atoms with E-state index in [0.29, 0.717) is 12.5 Å². The maximum Gasteiger partial charge on any atom is 0.125 e. The zero-order valence-electron chi connectivity index (χ0n) is 11.3. The number of hydrogen-bond acceptors (Lipinski definition) is 2. The summed E-state index contributed by atoms with van der Waals surface area (Å²) in [6.07, 6.45) is 0.521. The highest BCUT2D eigenvalue weighted by Crippen LogP contribution is 2.33. The minimum absolute atomic E-state index is 0.223. The highest BCUT2D eigenvalue weighted by atomic mass is 16.5. The van der Waals surface area contributed by atoms with Gasteiger partial charge in [-0.05, 0) is 24.3 Å². The molecular weight excluding hydrogens is 212 g/mol. The van der Waals surface area contributed by atoms with Crippen LogP contribution < -0.4 is 4.74 Å². The Morgan fingerprint density at radius 2 is 1.82 bits per heavy atom. The van der Waals surface area contributed by atoms with E-state index in [1.54, 1.807) is 0 Å². The third-order valence-corrected chi connectivity index (χ3v) is 3.25. The minimum Gasteiger partial charge on any atom is -0.493 e. The lowest BCUT2D eigenvalue weighted by Gasteiger charge is -2.24. The number of aliphatic hydroxyl groups is 1. The lowest BCUT2D eigenvalue weighted by Crippen LogP contribution is -2.16. The number of benzene rings is 1. The summed E-state index contributed by atoms with van der Waals surface area (Å²) in [7, 11) is 0. The molecule has 0 saturated carbocycles. The summed E-state index contributed by atoms with van der Waals surface area (Å²) in [5, 5.41) is 10.4. The Hall–Kier alpha value is -1.02. The first-order valence-electron chi connectivity index (χ1n) is 6.47. The van der Waals surface area contributed by atoms with Gasteiger partial charge in [0.25, 0.3) is 0 Å². The summed E-state index contributed by atoms with van der Waals surface area (Å²) in [5.74, 6) is 1.49. The molecule has 2 heteroatoms. The third kappa shape index (κ3) is 3.74. The van der Waals surface area contributed by atoms with Crippen molar-refractivity contribution in [3.63, 3.8) is 0 Å². The van der Waals surface area contributed by atoms with Gasteiger partial charge >= 0.3 is 0 Å². The van der Waals surface area contributed by atoms with Crippen LogP contribution >= 0.6 is 0 Å². The number of para-hydroxylation sites is 1. The Bertz CT molecular complexity index is 333. The largest absolute Gasteiger partial charge is 0.493 e. The van der Waals surface area contributed by atoms with E-state index in [2.05, 4.69) is 27.7 Å². The van der Waals surface area contributed by atoms with Crippen LogP contribution in [0.1, 0.15) is 45.8 Å². The van der Waals surface area contributed by atoms with Gasteiger partial charge in [0, 0.05) is 5.56 Å². The Balaban J connectivity index is 2.88. The zero-order chi connectivity index (χ0) is 12.8. The van der Waals surface area contributed by atoms with E-state index in [-0.39, 0.29) is 5.92 Å². The van der Waals surface area contributed by atoms with Crippen LogP contribution in [0.5, 0.6) is 5.75 Å². The Morgan fingerprint density at radius 1 is 1.18 bits per heavy atom. The lowest BCUT2D eigenvalue weighted by atomic mass is 9.88. The van der Waals surface area contributed by atoms with E-state index in [0.717, 1.165) is 17.7 Å². The van der Waals surface area contributed by atoms with Crippen LogP contribution in [0.2, 0.25) is 0 Å². The summed E-state index contributed by atoms with van der Waals surface area (Å²) in [4.78, 5) is 0. The topological polar surface area (TPSA) is 29.5 Å². The zero-order valence-corrected chi connectivity index (χ0v) is 11.3. The van der Waals surface area contributed by atoms with Crippen molar-refractivity contribution in [2.45, 2.75) is 40.2 Å². The predicted octanol–water partition coefficient (Wildman–Crippen LogP) is 3.80. The number of aliphatic hydroxyl groups excluding tert-OH is 1. The van der Waals surface area contributed by atoms with Gasteiger partial charge < -0.3 is 9.84 Å². The molecule has 0 amide bonds. The second kappa shape index (κ2) is 6.65. The molecule has 0 radical (unpaired) electrons. The van der Waals surface area contributed by atoms with Crippen LogP contribution in [0.25, 0.3) is 0 Å². The van der Waals surface area contributed by atoms with Crippen molar-refractivity contribution in [1.82, 2.24) is 0 Å². The molecule has 0 aliphatic rings. The molecule has 0 aromatic heterocycles. The summed E-state index contributed by atoms with van der Waals surface area (Å²) in [6.45, 7) is 9.11. The Morgan fingerprint density at radius 3 is 2.41 bits per heavy atom. The summed E-state index contributed by atoms with van der Waals surface area (Å²) >= 11 is 0. The van der Waals surface area contributed by atoms with Crippen LogP contribution in [0.3, 0.4) is 0 Å². The number of ether oxygens (including phenoxy) is 1. The molecular formula is C15H24O2. The predicted molar refractivity (Wildman–Crippen MR) is 71.2 cm³/mol. The molecule has 1 aromatic carbocycles. The molecule has 1 aromatic rings. The second-order valence-electron chi connectivity index (χ2n) is 4.93. The fourth-order valence-corrected chi connectivity index (χ4v) is 1.72. The first kappa shape index (κ1) is 14.0. The van der Waals surface area contributed by atoms with Gasteiger partial charge in [-0.1, -0.05) is 45.9 Å². The molecule has 0 heterocycles. The molecule has 0 aliphatic heterocycles. The van der Waals surface area contributed by atoms with Gasteiger partial charge in [-0.25, -0.2) is 0 Å². The second-order valence-corrected chi connectivity index (χ2v) is 4.93. The van der Waals surface area contributed by atoms with Gasteiger partial charge in [0.1, 0.15) is 5.75 Å². The van der Waals surface area contributed by atoms with Crippen molar-refractivity contribution in [2.24, 2.45) is 11.8 Å². The van der Waals surface area contributed by atoms with Crippen molar-refractivity contribution < 1.29 is 9.84 Å². The van der Waals surface area contributed by atoms with Gasteiger partial charge in [0.05, 0.1) is 12.7 Å². The number of hydrogen-bond donors (Lipinski definition) is 1. The molecule has 1 rings (SSSR count). The molecule has 0 saturated heterocycles. The molecule has 0 spiro atoms. The maximum absolute atomic E-state index is 10.4. The molecule has 0 bridgehead atoms. The van der Waals surface area contributed by atoms with Crippen molar-refractivity contribution in [3.8, 4) is 5.75 Å². The molecule has 17 heavy (non-hydrogen) atoms. The van der Waals surface area contributed by atoms with Crippen LogP contribution in [0.15, 0.2) is 24.3 Å². The monoisotopic (exact) mass is 236 g/mol. The molecule has 2 atom stereocenters. The first-order chi connectivity index (χ1) is 8.07. The van der Waals surface area contributed by atoms with Crippen molar-refractivity contribution in [2.75, 3.05) is 6.61 Å². The standard InChI is InChI=1S/C15H24O2/c1-5-10-17-14-9-7-6-8-13(14)15(16)12(4)11(2)3/h6-9,11-12,15-16H,5,10H2,1-4H3. The highest BCUT2D eigenvalue weighted by Gasteiger charge is 2.22. The van der Waals surface area contributed by atoms with Crippen molar-refractivity contribution in [3.05, 3.63) is 29.8 Å². The minimum atomic E-state index is -0.456. The van der Waals surface area contributed by atoms with Crippen LogP contribution in [-0.4, -0.2) is 11.7 Å². The molecule has 0 fully saturated rings. The van der Waals surface area contributed by atoms with Gasteiger partial charge in [0.2, 0.25) is 0 Å². The first-order valence-corrected chi connectivity index (χ1v) is 6.47. The SMILES string of the molecule is CCCOc1ccccc1C(O)C(C)C(C)C. The highest BCUT2D eigenvalue weighted by molar-refractivity contribution is 5.35. The summed E-state index contributed by atoms with van der Waals surface area (Å²) in [5.41, 5.74) is 0.905. The Kier molecular flexibility index (Phi) is 5.49. The molecule has 1 N–H and O–H groups in total. The molecule has 2 unspecified atom stereocenters. The van der Waals surface area contributed by atoms with E-state index < -0.39 is 6.10 Å². The van der Waals surface area contributed by atoms with Crippen LogP contribution in [0.4, 0.5) is 0 Å². The quantitative estimate of drug-likeness (QED) is 0.814. The van der Waals surface area contributed by atoms with Gasteiger partial charge in [-0.15, -0.1) is 0 Å². The van der Waals surface area contributed by atoms with Gasteiger partial charge in [-0.2, -0.15) is 0 Å². The van der Waals surface area contributed by atoms with E-state index >= 15 is 0 Å². The fraction of sp³-hybridized carbons (Fsp3) is 0.600.